The summed E-state index contributed by atoms with van der Waals surface area (Å²) in [7, 11) is -1.89. The lowest BCUT2D eigenvalue weighted by Gasteiger charge is -2.06. The Balaban J connectivity index is 2.00. The van der Waals surface area contributed by atoms with E-state index in [9.17, 15) is 8.42 Å². The van der Waals surface area contributed by atoms with Crippen LogP contribution in [0.25, 0.3) is 10.8 Å². The molecule has 0 aliphatic rings. The molecule has 3 aromatic rings. The first-order chi connectivity index (χ1) is 9.54. The zero-order chi connectivity index (χ0) is 14.2. The van der Waals surface area contributed by atoms with E-state index in [0.29, 0.717) is 5.82 Å². The van der Waals surface area contributed by atoms with E-state index in [4.69, 9.17) is 0 Å². The third-order valence-corrected chi connectivity index (χ3v) is 4.34. The van der Waals surface area contributed by atoms with Crippen LogP contribution in [0.1, 0.15) is 0 Å². The Hall–Kier alpha value is -2.34. The number of benzene rings is 2. The van der Waals surface area contributed by atoms with Crippen LogP contribution in [0.3, 0.4) is 0 Å². The molecule has 0 spiro atoms. The molecule has 0 saturated heterocycles. The Kier molecular flexibility index (Phi) is 2.94. The van der Waals surface area contributed by atoms with Gasteiger partial charge >= 0.3 is 0 Å². The highest BCUT2D eigenvalue weighted by Gasteiger charge is 2.15. The van der Waals surface area contributed by atoms with Crippen LogP contribution in [0.2, 0.25) is 0 Å². The van der Waals surface area contributed by atoms with Crippen LogP contribution in [-0.2, 0) is 17.1 Å². The minimum absolute atomic E-state index is 0.224. The van der Waals surface area contributed by atoms with E-state index >= 15 is 0 Å². The Bertz CT molecular complexity index is 869. The number of nitrogens with zero attached hydrogens (tertiary/aromatic N) is 2. The highest BCUT2D eigenvalue weighted by Crippen LogP contribution is 2.20. The molecule has 6 heteroatoms. The smallest absolute Gasteiger partial charge is 0.263 e. The number of hydrogen-bond acceptors (Lipinski definition) is 3. The second-order valence-corrected chi connectivity index (χ2v) is 6.17. The number of anilines is 1. The molecule has 1 N–H and O–H groups in total. The van der Waals surface area contributed by atoms with E-state index in [1.165, 1.54) is 4.68 Å². The van der Waals surface area contributed by atoms with Gasteiger partial charge in [0.05, 0.1) is 4.90 Å². The van der Waals surface area contributed by atoms with Gasteiger partial charge in [-0.1, -0.05) is 30.3 Å². The second-order valence-electron chi connectivity index (χ2n) is 4.49. The zero-order valence-electron chi connectivity index (χ0n) is 10.8. The van der Waals surface area contributed by atoms with Crippen molar-refractivity contribution in [1.29, 1.82) is 0 Å². The predicted molar refractivity (Wildman–Crippen MR) is 78.0 cm³/mol. The molecule has 1 aromatic heterocycles. The van der Waals surface area contributed by atoms with Crippen molar-refractivity contribution in [3.63, 3.8) is 0 Å². The molecule has 0 unspecified atom stereocenters. The van der Waals surface area contributed by atoms with Gasteiger partial charge in [-0.15, -0.1) is 0 Å². The van der Waals surface area contributed by atoms with Gasteiger partial charge in [0.1, 0.15) is 0 Å². The largest absolute Gasteiger partial charge is 0.274 e. The zero-order valence-corrected chi connectivity index (χ0v) is 11.6. The summed E-state index contributed by atoms with van der Waals surface area (Å²) >= 11 is 0. The van der Waals surface area contributed by atoms with Crippen LogP contribution in [0.4, 0.5) is 5.82 Å². The average molecular weight is 287 g/mol. The lowest BCUT2D eigenvalue weighted by Crippen LogP contribution is -2.13. The molecule has 2 aromatic carbocycles. The van der Waals surface area contributed by atoms with Crippen molar-refractivity contribution in [3.05, 3.63) is 54.7 Å². The molecule has 0 radical (unpaired) electrons. The van der Waals surface area contributed by atoms with E-state index in [1.807, 2.05) is 24.3 Å². The standard InChI is InChI=1S/C14H13N3O2S/c1-17-9-8-14(15-17)16-20(18,19)13-7-6-11-4-2-3-5-12(11)10-13/h2-10H,1H3,(H,15,16). The van der Waals surface area contributed by atoms with Crippen molar-refractivity contribution in [2.75, 3.05) is 4.72 Å². The highest BCUT2D eigenvalue weighted by molar-refractivity contribution is 7.92. The van der Waals surface area contributed by atoms with Gasteiger partial charge in [-0.25, -0.2) is 8.42 Å². The number of nitrogens with one attached hydrogen (secondary N) is 1. The first-order valence-corrected chi connectivity index (χ1v) is 7.54. The summed E-state index contributed by atoms with van der Waals surface area (Å²) in [6.45, 7) is 0. The molecule has 0 atom stereocenters. The molecule has 0 fully saturated rings. The molecular formula is C14H13N3O2S. The number of sulfonamides is 1. The maximum atomic E-state index is 12.3. The molecule has 0 saturated carbocycles. The quantitative estimate of drug-likeness (QED) is 0.804. The van der Waals surface area contributed by atoms with Crippen LogP contribution in [0, 0.1) is 0 Å². The van der Waals surface area contributed by atoms with Crippen molar-refractivity contribution >= 4 is 26.6 Å². The van der Waals surface area contributed by atoms with E-state index in [2.05, 4.69) is 9.82 Å². The van der Waals surface area contributed by atoms with E-state index in [1.54, 1.807) is 37.5 Å². The fraction of sp³-hybridized carbons (Fsp3) is 0.0714. The summed E-state index contributed by atoms with van der Waals surface area (Å²) in [6.07, 6.45) is 1.68. The van der Waals surface area contributed by atoms with Crippen molar-refractivity contribution in [2.45, 2.75) is 4.90 Å². The summed E-state index contributed by atoms with van der Waals surface area (Å²) in [4.78, 5) is 0.224. The molecule has 3 rings (SSSR count). The number of fused-ring (bicyclic) bond motifs is 1. The number of aromatic nitrogens is 2. The van der Waals surface area contributed by atoms with Gasteiger partial charge in [-0.3, -0.25) is 9.40 Å². The Morgan fingerprint density at radius 3 is 2.50 bits per heavy atom. The van der Waals surface area contributed by atoms with Gasteiger partial charge < -0.3 is 0 Å². The van der Waals surface area contributed by atoms with Crippen molar-refractivity contribution in [2.24, 2.45) is 7.05 Å². The fourth-order valence-electron chi connectivity index (χ4n) is 2.00. The van der Waals surface area contributed by atoms with Gasteiger partial charge in [-0.2, -0.15) is 5.10 Å². The topological polar surface area (TPSA) is 64.0 Å². The normalized spacial score (nSPS) is 11.7. The molecule has 5 nitrogen and oxygen atoms in total. The third-order valence-electron chi connectivity index (χ3n) is 2.98. The SMILES string of the molecule is Cn1ccc(NS(=O)(=O)c2ccc3ccccc3c2)n1. The molecule has 1 heterocycles. The van der Waals surface area contributed by atoms with Gasteiger partial charge in [0.2, 0.25) is 0 Å². The molecule has 0 amide bonds. The number of rotatable bonds is 3. The average Bonchev–Trinajstić information content (AvgIpc) is 2.83. The molecule has 20 heavy (non-hydrogen) atoms. The summed E-state index contributed by atoms with van der Waals surface area (Å²) in [5.74, 6) is 0.306. The highest BCUT2D eigenvalue weighted by atomic mass is 32.2. The lowest BCUT2D eigenvalue weighted by atomic mass is 10.1. The van der Waals surface area contributed by atoms with E-state index < -0.39 is 10.0 Å². The summed E-state index contributed by atoms with van der Waals surface area (Å²) in [6, 6.07) is 14.3. The van der Waals surface area contributed by atoms with Crippen LogP contribution in [0.5, 0.6) is 0 Å². The van der Waals surface area contributed by atoms with Crippen LogP contribution in [-0.4, -0.2) is 18.2 Å². The number of hydrogen-bond donors (Lipinski definition) is 1. The minimum atomic E-state index is -3.62. The lowest BCUT2D eigenvalue weighted by molar-refractivity contribution is 0.601. The van der Waals surface area contributed by atoms with Gasteiger partial charge in [0.25, 0.3) is 10.0 Å². The van der Waals surface area contributed by atoms with Gasteiger partial charge in [-0.05, 0) is 22.9 Å². The molecule has 102 valence electrons. The van der Waals surface area contributed by atoms with Crippen molar-refractivity contribution in [3.8, 4) is 0 Å². The first-order valence-electron chi connectivity index (χ1n) is 6.06. The summed E-state index contributed by atoms with van der Waals surface area (Å²) in [5.41, 5.74) is 0. The first kappa shape index (κ1) is 12.7. The fourth-order valence-corrected chi connectivity index (χ4v) is 3.03. The molecule has 0 bridgehead atoms. The maximum Gasteiger partial charge on any atom is 0.263 e. The van der Waals surface area contributed by atoms with Crippen LogP contribution >= 0.6 is 0 Å². The maximum absolute atomic E-state index is 12.3. The minimum Gasteiger partial charge on any atom is -0.274 e. The summed E-state index contributed by atoms with van der Waals surface area (Å²) in [5, 5.41) is 5.90. The van der Waals surface area contributed by atoms with Crippen molar-refractivity contribution < 1.29 is 8.42 Å². The van der Waals surface area contributed by atoms with Gasteiger partial charge in [0.15, 0.2) is 5.82 Å². The number of aryl methyl sites for hydroxylation is 1. The molecule has 0 aliphatic carbocycles. The van der Waals surface area contributed by atoms with E-state index in [0.717, 1.165) is 10.8 Å². The third kappa shape index (κ3) is 2.37. The van der Waals surface area contributed by atoms with E-state index in [-0.39, 0.29) is 4.90 Å². The van der Waals surface area contributed by atoms with Crippen molar-refractivity contribution in [1.82, 2.24) is 9.78 Å². The predicted octanol–water partition coefficient (Wildman–Crippen LogP) is 2.37. The Morgan fingerprint density at radius 1 is 1.05 bits per heavy atom. The molecular weight excluding hydrogens is 274 g/mol. The van der Waals surface area contributed by atoms with Gasteiger partial charge in [0, 0.05) is 19.3 Å². The monoisotopic (exact) mass is 287 g/mol. The molecule has 0 aliphatic heterocycles. The Labute approximate surface area is 116 Å². The second kappa shape index (κ2) is 4.64. The van der Waals surface area contributed by atoms with Crippen LogP contribution in [0.15, 0.2) is 59.6 Å². The van der Waals surface area contributed by atoms with Crippen LogP contribution < -0.4 is 4.72 Å². The summed E-state index contributed by atoms with van der Waals surface area (Å²) < 4.78 is 28.6. The Morgan fingerprint density at radius 2 is 1.80 bits per heavy atom.